The van der Waals surface area contributed by atoms with Crippen molar-refractivity contribution in [1.29, 1.82) is 0 Å². The Bertz CT molecular complexity index is 614. The third kappa shape index (κ3) is 3.16. The summed E-state index contributed by atoms with van der Waals surface area (Å²) in [6.07, 6.45) is 5.35. The lowest BCUT2D eigenvalue weighted by atomic mass is 9.84. The van der Waals surface area contributed by atoms with E-state index in [1.54, 1.807) is 6.07 Å². The summed E-state index contributed by atoms with van der Waals surface area (Å²) in [7, 11) is 1.39. The summed E-state index contributed by atoms with van der Waals surface area (Å²) in [5.74, 6) is -0.331. The second-order valence-corrected chi connectivity index (χ2v) is 6.22. The first-order chi connectivity index (χ1) is 11.1. The molecule has 1 saturated heterocycles. The molecule has 1 aromatic rings. The van der Waals surface area contributed by atoms with Crippen molar-refractivity contribution in [2.75, 3.05) is 7.11 Å². The minimum absolute atomic E-state index is 0.0782. The van der Waals surface area contributed by atoms with Gasteiger partial charge in [0, 0.05) is 0 Å². The molecule has 2 aliphatic rings. The molecule has 0 bridgehead atoms. The van der Waals surface area contributed by atoms with Crippen LogP contribution in [-0.2, 0) is 11.3 Å². The number of halogens is 1. The molecule has 0 aromatic heterocycles. The third-order valence-electron chi connectivity index (χ3n) is 4.73. The van der Waals surface area contributed by atoms with Crippen molar-refractivity contribution >= 4 is 11.9 Å². The van der Waals surface area contributed by atoms with Crippen LogP contribution in [0.4, 0.5) is 9.18 Å². The summed E-state index contributed by atoms with van der Waals surface area (Å²) in [5.41, 5.74) is 0.566. The van der Waals surface area contributed by atoms with Crippen LogP contribution in [0.15, 0.2) is 18.2 Å². The minimum atomic E-state index is -0.499. The van der Waals surface area contributed by atoms with Gasteiger partial charge in [0.25, 0.3) is 5.91 Å². The lowest BCUT2D eigenvalue weighted by Gasteiger charge is -2.25. The Hall–Kier alpha value is -2.11. The number of hydrogen-bond acceptors (Lipinski definition) is 3. The van der Waals surface area contributed by atoms with E-state index in [0.717, 1.165) is 25.7 Å². The van der Waals surface area contributed by atoms with Gasteiger partial charge < -0.3 is 10.1 Å². The molecule has 124 valence electrons. The van der Waals surface area contributed by atoms with Crippen LogP contribution >= 0.6 is 0 Å². The molecule has 0 spiro atoms. The van der Waals surface area contributed by atoms with Gasteiger partial charge >= 0.3 is 6.03 Å². The number of imide groups is 1. The molecule has 3 amide bonds. The zero-order chi connectivity index (χ0) is 16.4. The Kier molecular flexibility index (Phi) is 4.50. The monoisotopic (exact) mass is 320 g/mol. The van der Waals surface area contributed by atoms with Gasteiger partial charge in [-0.3, -0.25) is 9.69 Å². The van der Waals surface area contributed by atoms with E-state index in [4.69, 9.17) is 4.74 Å². The summed E-state index contributed by atoms with van der Waals surface area (Å²) in [6, 6.07) is 3.65. The molecular weight excluding hydrogens is 299 g/mol. The van der Waals surface area contributed by atoms with Crippen LogP contribution < -0.4 is 10.1 Å². The highest BCUT2D eigenvalue weighted by Gasteiger charge is 2.42. The Morgan fingerprint density at radius 3 is 2.65 bits per heavy atom. The van der Waals surface area contributed by atoms with Crippen molar-refractivity contribution in [1.82, 2.24) is 10.2 Å². The number of nitrogens with zero attached hydrogens (tertiary/aromatic N) is 1. The molecule has 0 radical (unpaired) electrons. The first-order valence-electron chi connectivity index (χ1n) is 8.04. The van der Waals surface area contributed by atoms with Gasteiger partial charge in [-0.15, -0.1) is 0 Å². The summed E-state index contributed by atoms with van der Waals surface area (Å²) in [4.78, 5) is 25.9. The normalized spacial score (nSPS) is 22.3. The minimum Gasteiger partial charge on any atom is -0.494 e. The van der Waals surface area contributed by atoms with Gasteiger partial charge in [0.05, 0.1) is 13.7 Å². The fraction of sp³-hybridized carbons (Fsp3) is 0.529. The van der Waals surface area contributed by atoms with Gasteiger partial charge in [0.15, 0.2) is 11.6 Å². The van der Waals surface area contributed by atoms with E-state index in [-0.39, 0.29) is 30.2 Å². The highest BCUT2D eigenvalue weighted by atomic mass is 19.1. The molecule has 3 rings (SSSR count). The van der Waals surface area contributed by atoms with Gasteiger partial charge in [0.1, 0.15) is 6.04 Å². The number of methoxy groups -OCH3 is 1. The van der Waals surface area contributed by atoms with E-state index in [1.807, 2.05) is 0 Å². The van der Waals surface area contributed by atoms with Crippen molar-refractivity contribution in [2.45, 2.75) is 44.7 Å². The van der Waals surface area contributed by atoms with Crippen LogP contribution in [0, 0.1) is 11.7 Å². The van der Waals surface area contributed by atoms with Gasteiger partial charge in [0.2, 0.25) is 0 Å². The highest BCUT2D eigenvalue weighted by Crippen LogP contribution is 2.30. The first kappa shape index (κ1) is 15.8. The quantitative estimate of drug-likeness (QED) is 0.868. The molecule has 1 saturated carbocycles. The van der Waals surface area contributed by atoms with Crippen LogP contribution in [0.5, 0.6) is 5.75 Å². The molecule has 1 aliphatic carbocycles. The van der Waals surface area contributed by atoms with E-state index in [1.165, 1.54) is 30.6 Å². The van der Waals surface area contributed by atoms with E-state index < -0.39 is 11.9 Å². The largest absolute Gasteiger partial charge is 0.494 e. The number of carbonyl (C=O) groups is 2. The Balaban J connectivity index is 1.71. The summed E-state index contributed by atoms with van der Waals surface area (Å²) in [5, 5.41) is 2.80. The van der Waals surface area contributed by atoms with Gasteiger partial charge in [-0.1, -0.05) is 25.3 Å². The van der Waals surface area contributed by atoms with Crippen LogP contribution in [0.25, 0.3) is 0 Å². The molecule has 1 atom stereocenters. The zero-order valence-electron chi connectivity index (χ0n) is 13.2. The molecule has 1 N–H and O–H groups in total. The molecule has 6 heteroatoms. The standard InChI is InChI=1S/C17H21FN2O3/c1-23-14-8-7-11(9-13(14)18)10-20-16(21)15(19-17(20)22)12-5-3-2-4-6-12/h7-9,12,15H,2-6,10H2,1H3,(H,19,22)/t15-/m0/s1. The molecule has 2 fully saturated rings. The molecular formula is C17H21FN2O3. The smallest absolute Gasteiger partial charge is 0.325 e. The maximum atomic E-state index is 13.8. The first-order valence-corrected chi connectivity index (χ1v) is 8.04. The SMILES string of the molecule is COc1ccc(CN2C(=O)N[C@@H](C3CCCCC3)C2=O)cc1F. The summed E-state index contributed by atoms with van der Waals surface area (Å²) in [6.45, 7) is 0.0782. The van der Waals surface area contributed by atoms with Gasteiger partial charge in [-0.2, -0.15) is 0 Å². The van der Waals surface area contributed by atoms with Crippen molar-refractivity contribution in [3.05, 3.63) is 29.6 Å². The lowest BCUT2D eigenvalue weighted by Crippen LogP contribution is -2.38. The number of rotatable bonds is 4. The summed E-state index contributed by atoms with van der Waals surface area (Å²) < 4.78 is 18.6. The second-order valence-electron chi connectivity index (χ2n) is 6.22. The fourth-order valence-electron chi connectivity index (χ4n) is 3.47. The number of urea groups is 1. The molecule has 5 nitrogen and oxygen atoms in total. The number of amides is 3. The average molecular weight is 320 g/mol. The van der Waals surface area contributed by atoms with Crippen molar-refractivity contribution in [2.24, 2.45) is 5.92 Å². The predicted octanol–water partition coefficient (Wildman–Crippen LogP) is 2.84. The topological polar surface area (TPSA) is 58.6 Å². The van der Waals surface area contributed by atoms with Crippen molar-refractivity contribution < 1.29 is 18.7 Å². The highest BCUT2D eigenvalue weighted by molar-refractivity contribution is 6.04. The van der Waals surface area contributed by atoms with Crippen molar-refractivity contribution in [3.63, 3.8) is 0 Å². The maximum Gasteiger partial charge on any atom is 0.325 e. The molecule has 1 aliphatic heterocycles. The second kappa shape index (κ2) is 6.56. The molecule has 0 unspecified atom stereocenters. The maximum absolute atomic E-state index is 13.8. The molecule has 1 heterocycles. The van der Waals surface area contributed by atoms with Crippen LogP contribution in [0.2, 0.25) is 0 Å². The Morgan fingerprint density at radius 2 is 2.00 bits per heavy atom. The number of carbonyl (C=O) groups excluding carboxylic acids is 2. The van der Waals surface area contributed by atoms with Gasteiger partial charge in [-0.25, -0.2) is 9.18 Å². The average Bonchev–Trinajstić information content (AvgIpc) is 2.84. The van der Waals surface area contributed by atoms with E-state index in [0.29, 0.717) is 5.56 Å². The fourth-order valence-corrected chi connectivity index (χ4v) is 3.47. The number of nitrogens with one attached hydrogen (secondary N) is 1. The van der Waals surface area contributed by atoms with Crippen molar-refractivity contribution in [3.8, 4) is 5.75 Å². The van der Waals surface area contributed by atoms with E-state index >= 15 is 0 Å². The Morgan fingerprint density at radius 1 is 1.26 bits per heavy atom. The molecule has 1 aromatic carbocycles. The van der Waals surface area contributed by atoms with Gasteiger partial charge in [-0.05, 0) is 36.5 Å². The third-order valence-corrected chi connectivity index (χ3v) is 4.73. The lowest BCUT2D eigenvalue weighted by molar-refractivity contribution is -0.129. The zero-order valence-corrected chi connectivity index (χ0v) is 13.2. The summed E-state index contributed by atoms with van der Waals surface area (Å²) >= 11 is 0. The predicted molar refractivity (Wildman–Crippen MR) is 82.4 cm³/mol. The number of ether oxygens (including phenoxy) is 1. The van der Waals surface area contributed by atoms with E-state index in [2.05, 4.69) is 5.32 Å². The van der Waals surface area contributed by atoms with Crippen LogP contribution in [0.1, 0.15) is 37.7 Å². The van der Waals surface area contributed by atoms with E-state index in [9.17, 15) is 14.0 Å². The number of benzene rings is 1. The van der Waals surface area contributed by atoms with Crippen LogP contribution in [0.3, 0.4) is 0 Å². The Labute approximate surface area is 134 Å². The number of hydrogen-bond donors (Lipinski definition) is 1. The molecule has 23 heavy (non-hydrogen) atoms. The van der Waals surface area contributed by atoms with Crippen LogP contribution in [-0.4, -0.2) is 30.0 Å².